The fourth-order valence-electron chi connectivity index (χ4n) is 1.15. The minimum absolute atomic E-state index is 0.900. The molecule has 0 N–H and O–H groups in total. The van der Waals surface area contributed by atoms with Gasteiger partial charge in [0.1, 0.15) is 5.01 Å². The van der Waals surface area contributed by atoms with Crippen LogP contribution < -0.4 is 0 Å². The summed E-state index contributed by atoms with van der Waals surface area (Å²) in [4.78, 5) is 4.22. The maximum absolute atomic E-state index is 5.38. The average Bonchev–Trinajstić information content (AvgIpc) is 2.70. The standard InChI is InChI=1S/C11H7NS/c1-2-9-5-3-4-6-10(9)11-12-7-8-13-11/h1,3-8H. The van der Waals surface area contributed by atoms with Crippen molar-refractivity contribution in [3.05, 3.63) is 41.4 Å². The van der Waals surface area contributed by atoms with Crippen molar-refractivity contribution in [3.8, 4) is 22.9 Å². The first-order valence-corrected chi connectivity index (χ1v) is 4.75. The van der Waals surface area contributed by atoms with Crippen molar-refractivity contribution in [3.63, 3.8) is 0 Å². The highest BCUT2D eigenvalue weighted by molar-refractivity contribution is 7.13. The maximum atomic E-state index is 5.38. The highest BCUT2D eigenvalue weighted by atomic mass is 32.1. The summed E-state index contributed by atoms with van der Waals surface area (Å²) in [7, 11) is 0. The van der Waals surface area contributed by atoms with Crippen LogP contribution in [-0.4, -0.2) is 4.98 Å². The lowest BCUT2D eigenvalue weighted by Gasteiger charge is -1.98. The van der Waals surface area contributed by atoms with Gasteiger partial charge in [-0.15, -0.1) is 17.8 Å². The van der Waals surface area contributed by atoms with E-state index in [0.717, 1.165) is 16.1 Å². The summed E-state index contributed by atoms with van der Waals surface area (Å²) in [5.41, 5.74) is 1.94. The summed E-state index contributed by atoms with van der Waals surface area (Å²) in [5, 5.41) is 2.93. The number of rotatable bonds is 1. The van der Waals surface area contributed by atoms with Gasteiger partial charge in [-0.2, -0.15) is 0 Å². The highest BCUT2D eigenvalue weighted by Crippen LogP contribution is 2.24. The molecule has 2 rings (SSSR count). The smallest absolute Gasteiger partial charge is 0.124 e. The van der Waals surface area contributed by atoms with E-state index in [1.165, 1.54) is 0 Å². The largest absolute Gasteiger partial charge is 0.245 e. The first kappa shape index (κ1) is 8.03. The molecule has 0 bridgehead atoms. The van der Waals surface area contributed by atoms with Gasteiger partial charge < -0.3 is 0 Å². The summed E-state index contributed by atoms with van der Waals surface area (Å²) in [6.07, 6.45) is 7.17. The van der Waals surface area contributed by atoms with Crippen molar-refractivity contribution in [2.24, 2.45) is 0 Å². The van der Waals surface area contributed by atoms with E-state index in [4.69, 9.17) is 6.42 Å². The van der Waals surface area contributed by atoms with Crippen LogP contribution in [0.5, 0.6) is 0 Å². The van der Waals surface area contributed by atoms with Crippen LogP contribution in [0.3, 0.4) is 0 Å². The molecular weight excluding hydrogens is 178 g/mol. The van der Waals surface area contributed by atoms with E-state index in [9.17, 15) is 0 Å². The van der Waals surface area contributed by atoms with Gasteiger partial charge >= 0.3 is 0 Å². The van der Waals surface area contributed by atoms with Crippen molar-refractivity contribution < 1.29 is 0 Å². The lowest BCUT2D eigenvalue weighted by Crippen LogP contribution is -1.81. The van der Waals surface area contributed by atoms with Crippen LogP contribution in [0, 0.1) is 12.3 Å². The summed E-state index contributed by atoms with van der Waals surface area (Å²) < 4.78 is 0. The zero-order valence-corrected chi connectivity index (χ0v) is 7.71. The van der Waals surface area contributed by atoms with Gasteiger partial charge in [-0.1, -0.05) is 24.1 Å². The molecule has 1 aromatic carbocycles. The Morgan fingerprint density at radius 2 is 2.15 bits per heavy atom. The van der Waals surface area contributed by atoms with Crippen LogP contribution in [-0.2, 0) is 0 Å². The zero-order chi connectivity index (χ0) is 9.10. The molecule has 0 fully saturated rings. The van der Waals surface area contributed by atoms with E-state index in [-0.39, 0.29) is 0 Å². The fraction of sp³-hybridized carbons (Fsp3) is 0. The van der Waals surface area contributed by atoms with Crippen LogP contribution >= 0.6 is 11.3 Å². The molecule has 1 aromatic heterocycles. The molecule has 2 heteroatoms. The second-order valence-corrected chi connectivity index (χ2v) is 3.42. The number of hydrogen-bond donors (Lipinski definition) is 0. The Bertz CT molecular complexity index is 437. The average molecular weight is 185 g/mol. The number of benzene rings is 1. The number of terminal acetylenes is 1. The molecule has 2 aromatic rings. The lowest BCUT2D eigenvalue weighted by atomic mass is 10.1. The molecule has 0 unspecified atom stereocenters. The molecule has 0 aliphatic carbocycles. The van der Waals surface area contributed by atoms with E-state index < -0.39 is 0 Å². The van der Waals surface area contributed by atoms with Gasteiger partial charge in [0.25, 0.3) is 0 Å². The van der Waals surface area contributed by atoms with E-state index in [1.807, 2.05) is 29.6 Å². The molecule has 62 valence electrons. The van der Waals surface area contributed by atoms with Gasteiger partial charge in [0.15, 0.2) is 0 Å². The normalized spacial score (nSPS) is 9.46. The van der Waals surface area contributed by atoms with Crippen LogP contribution in [0.25, 0.3) is 10.6 Å². The Hall–Kier alpha value is -1.59. The van der Waals surface area contributed by atoms with E-state index >= 15 is 0 Å². The number of aromatic nitrogens is 1. The SMILES string of the molecule is C#Cc1ccccc1-c1nccs1. The lowest BCUT2D eigenvalue weighted by molar-refractivity contribution is 1.41. The monoisotopic (exact) mass is 185 g/mol. The Balaban J connectivity index is 2.59. The Kier molecular flexibility index (Phi) is 2.11. The minimum atomic E-state index is 0.900. The first-order chi connectivity index (χ1) is 6.42. The molecular formula is C11H7NS. The Morgan fingerprint density at radius 3 is 2.85 bits per heavy atom. The first-order valence-electron chi connectivity index (χ1n) is 3.87. The van der Waals surface area contributed by atoms with Crippen molar-refractivity contribution in [2.75, 3.05) is 0 Å². The van der Waals surface area contributed by atoms with Gasteiger partial charge in [0.2, 0.25) is 0 Å². The highest BCUT2D eigenvalue weighted by Gasteiger charge is 2.03. The van der Waals surface area contributed by atoms with Crippen molar-refractivity contribution in [2.45, 2.75) is 0 Å². The van der Waals surface area contributed by atoms with Crippen LogP contribution in [0.1, 0.15) is 5.56 Å². The molecule has 0 atom stereocenters. The van der Waals surface area contributed by atoms with Crippen LogP contribution in [0.4, 0.5) is 0 Å². The van der Waals surface area contributed by atoms with Gasteiger partial charge in [0, 0.05) is 22.7 Å². The van der Waals surface area contributed by atoms with Crippen LogP contribution in [0.2, 0.25) is 0 Å². The summed E-state index contributed by atoms with van der Waals surface area (Å²) in [6, 6.07) is 7.83. The second-order valence-electron chi connectivity index (χ2n) is 2.53. The summed E-state index contributed by atoms with van der Waals surface area (Å²) in [6.45, 7) is 0. The van der Waals surface area contributed by atoms with Gasteiger partial charge in [-0.25, -0.2) is 4.98 Å². The van der Waals surface area contributed by atoms with Crippen LogP contribution in [0.15, 0.2) is 35.8 Å². The number of thiazole rings is 1. The minimum Gasteiger partial charge on any atom is -0.245 e. The van der Waals surface area contributed by atoms with E-state index in [2.05, 4.69) is 10.9 Å². The molecule has 1 nitrogen and oxygen atoms in total. The second kappa shape index (κ2) is 3.42. The van der Waals surface area contributed by atoms with E-state index in [0.29, 0.717) is 0 Å². The number of nitrogens with zero attached hydrogens (tertiary/aromatic N) is 1. The molecule has 0 spiro atoms. The summed E-state index contributed by atoms with van der Waals surface area (Å²) >= 11 is 1.60. The predicted octanol–water partition coefficient (Wildman–Crippen LogP) is 2.79. The maximum Gasteiger partial charge on any atom is 0.124 e. The van der Waals surface area contributed by atoms with Crippen molar-refractivity contribution >= 4 is 11.3 Å². The third-order valence-corrected chi connectivity index (χ3v) is 2.55. The molecule has 0 radical (unpaired) electrons. The zero-order valence-electron chi connectivity index (χ0n) is 6.90. The van der Waals surface area contributed by atoms with Gasteiger partial charge in [-0.05, 0) is 6.07 Å². The van der Waals surface area contributed by atoms with Gasteiger partial charge in [-0.3, -0.25) is 0 Å². The third kappa shape index (κ3) is 1.47. The van der Waals surface area contributed by atoms with E-state index in [1.54, 1.807) is 17.5 Å². The molecule has 0 amide bonds. The van der Waals surface area contributed by atoms with Crippen molar-refractivity contribution in [1.82, 2.24) is 4.98 Å². The van der Waals surface area contributed by atoms with Gasteiger partial charge in [0.05, 0.1) is 0 Å². The molecule has 0 saturated heterocycles. The summed E-state index contributed by atoms with van der Waals surface area (Å²) in [5.74, 6) is 2.65. The Morgan fingerprint density at radius 1 is 1.31 bits per heavy atom. The molecule has 1 heterocycles. The number of hydrogen-bond acceptors (Lipinski definition) is 2. The third-order valence-electron chi connectivity index (χ3n) is 1.75. The molecule has 0 saturated carbocycles. The molecule has 13 heavy (non-hydrogen) atoms. The Labute approximate surface area is 81.1 Å². The fourth-order valence-corrected chi connectivity index (χ4v) is 1.83. The topological polar surface area (TPSA) is 12.9 Å². The predicted molar refractivity (Wildman–Crippen MR) is 55.5 cm³/mol. The molecule has 0 aliphatic rings. The quantitative estimate of drug-likeness (QED) is 0.622. The molecule has 0 aliphatic heterocycles. The van der Waals surface area contributed by atoms with Crippen molar-refractivity contribution in [1.29, 1.82) is 0 Å².